The summed E-state index contributed by atoms with van der Waals surface area (Å²) >= 11 is 0. The molecule has 0 amide bonds. The van der Waals surface area contributed by atoms with Crippen LogP contribution in [0.15, 0.2) is 231 Å². The molecule has 0 aliphatic heterocycles. The van der Waals surface area contributed by atoms with Gasteiger partial charge in [0.05, 0.1) is 0 Å². The summed E-state index contributed by atoms with van der Waals surface area (Å²) in [5, 5.41) is 4.72. The van der Waals surface area contributed by atoms with Crippen molar-refractivity contribution in [2.24, 2.45) is 0 Å². The molecule has 5 heteroatoms. The Hall–Kier alpha value is -7.52. The van der Waals surface area contributed by atoms with E-state index in [9.17, 15) is 0 Å². The van der Waals surface area contributed by atoms with E-state index in [4.69, 9.17) is 15.0 Å². The average molecular weight is 788 g/mol. The lowest BCUT2D eigenvalue weighted by Crippen LogP contribution is -2.24. The molecule has 0 aliphatic rings. The first-order valence-electron chi connectivity index (χ1n) is 20.0. The number of nitrogens with zero attached hydrogens (tertiary/aromatic N) is 3. The van der Waals surface area contributed by atoms with Gasteiger partial charge in [-0.2, -0.15) is 0 Å². The van der Waals surface area contributed by atoms with Crippen LogP contribution in [0.2, 0.25) is 0 Å². The molecule has 0 bridgehead atoms. The molecule has 1 aromatic heterocycles. The van der Waals surface area contributed by atoms with Crippen LogP contribution in [0, 0.1) is 0 Å². The molecule has 9 aromatic carbocycles. The summed E-state index contributed by atoms with van der Waals surface area (Å²) < 4.78 is 15.0. The van der Waals surface area contributed by atoms with E-state index in [1.54, 1.807) is 0 Å². The molecule has 4 nitrogen and oxygen atoms in total. The van der Waals surface area contributed by atoms with Crippen LogP contribution in [0.5, 0.6) is 0 Å². The van der Waals surface area contributed by atoms with Crippen LogP contribution >= 0.6 is 7.14 Å². The van der Waals surface area contributed by atoms with Crippen LogP contribution in [0.4, 0.5) is 0 Å². The van der Waals surface area contributed by atoms with Crippen LogP contribution in [-0.2, 0) is 4.57 Å². The molecule has 1 heterocycles. The van der Waals surface area contributed by atoms with Crippen LogP contribution in [-0.4, -0.2) is 15.0 Å². The Morgan fingerprint density at radius 2 is 0.617 bits per heavy atom. The Morgan fingerprint density at radius 3 is 1.17 bits per heavy atom. The maximum absolute atomic E-state index is 15.0. The summed E-state index contributed by atoms with van der Waals surface area (Å²) in [6, 6.07) is 78.1. The molecule has 0 N–H and O–H groups in total. The van der Waals surface area contributed by atoms with Gasteiger partial charge in [0.25, 0.3) is 0 Å². The highest BCUT2D eigenvalue weighted by atomic mass is 31.2. The van der Waals surface area contributed by atoms with Crippen molar-refractivity contribution in [1.29, 1.82) is 0 Å². The minimum absolute atomic E-state index is 0.608. The molecule has 0 saturated heterocycles. The van der Waals surface area contributed by atoms with Gasteiger partial charge >= 0.3 is 0 Å². The van der Waals surface area contributed by atoms with E-state index in [1.807, 2.05) is 109 Å². The first-order chi connectivity index (χ1) is 29.6. The second-order valence-electron chi connectivity index (χ2n) is 14.7. The van der Waals surface area contributed by atoms with Gasteiger partial charge < -0.3 is 4.57 Å². The summed E-state index contributed by atoms with van der Waals surface area (Å²) in [6.07, 6.45) is 0. The van der Waals surface area contributed by atoms with Crippen molar-refractivity contribution in [1.82, 2.24) is 15.0 Å². The Kier molecular flexibility index (Phi) is 9.83. The zero-order valence-corrected chi connectivity index (χ0v) is 33.5. The molecule has 10 aromatic rings. The van der Waals surface area contributed by atoms with Gasteiger partial charge in [-0.3, -0.25) is 0 Å². The number of aromatic nitrogens is 3. The van der Waals surface area contributed by atoms with E-state index >= 15 is 4.57 Å². The Labute approximate surface area is 350 Å². The first kappa shape index (κ1) is 36.8. The second kappa shape index (κ2) is 16.0. The smallest absolute Gasteiger partial charge is 0.171 e. The molecule has 0 radical (unpaired) electrons. The summed E-state index contributed by atoms with van der Waals surface area (Å²) in [6.45, 7) is 0. The molecule has 0 spiro atoms. The van der Waals surface area contributed by atoms with Crippen molar-refractivity contribution in [2.75, 3.05) is 0 Å². The van der Waals surface area contributed by atoms with Crippen molar-refractivity contribution >= 4 is 33.8 Å². The fourth-order valence-corrected chi connectivity index (χ4v) is 10.6. The summed E-state index contributed by atoms with van der Waals surface area (Å²) in [4.78, 5) is 15.1. The summed E-state index contributed by atoms with van der Waals surface area (Å²) in [5.41, 5.74) is 9.39. The largest absolute Gasteiger partial charge is 0.309 e. The fraction of sp³-hybridized carbons (Fsp3) is 0. The van der Waals surface area contributed by atoms with Crippen LogP contribution in [0.3, 0.4) is 0 Å². The average Bonchev–Trinajstić information content (AvgIpc) is 3.34. The zero-order valence-electron chi connectivity index (χ0n) is 32.6. The molecular formula is C55H38N3OP. The molecule has 0 aliphatic carbocycles. The fourth-order valence-electron chi connectivity index (χ4n) is 8.00. The van der Waals surface area contributed by atoms with Gasteiger partial charge in [-0.1, -0.05) is 224 Å². The lowest BCUT2D eigenvalue weighted by molar-refractivity contribution is 0.592. The monoisotopic (exact) mass is 787 g/mol. The minimum Gasteiger partial charge on any atom is -0.309 e. The summed E-state index contributed by atoms with van der Waals surface area (Å²) in [5.74, 6) is 1.85. The van der Waals surface area contributed by atoms with E-state index < -0.39 is 7.14 Å². The van der Waals surface area contributed by atoms with Crippen LogP contribution in [0.1, 0.15) is 0 Å². The van der Waals surface area contributed by atoms with Crippen molar-refractivity contribution in [2.45, 2.75) is 0 Å². The normalized spacial score (nSPS) is 11.4. The van der Waals surface area contributed by atoms with E-state index in [-0.39, 0.29) is 0 Å². The first-order valence-corrected chi connectivity index (χ1v) is 21.7. The Morgan fingerprint density at radius 1 is 0.267 bits per heavy atom. The molecule has 0 saturated carbocycles. The number of rotatable bonds is 9. The van der Waals surface area contributed by atoms with Gasteiger partial charge in [0.2, 0.25) is 0 Å². The maximum Gasteiger partial charge on any atom is 0.171 e. The highest BCUT2D eigenvalue weighted by Crippen LogP contribution is 2.43. The predicted molar refractivity (Wildman–Crippen MR) is 249 cm³/mol. The lowest BCUT2D eigenvalue weighted by Gasteiger charge is -2.20. The molecule has 60 heavy (non-hydrogen) atoms. The standard InChI is InChI=1S/C55H38N3OP/c59-60(46-22-9-3-10-23-46,47-24-11-4-12-25-47)48-34-32-41(33-35-48)49-36-37-50(52-27-14-13-26-51(49)52)44-20-15-21-45(38-44)55-57-53(42-18-7-2-8-19-42)56-54(58-55)43-30-28-40(29-31-43)39-16-5-1-6-17-39/h1-38H. The number of fused-ring (bicyclic) bond motifs is 1. The molecule has 0 atom stereocenters. The third-order valence-corrected chi connectivity index (χ3v) is 14.1. The van der Waals surface area contributed by atoms with Gasteiger partial charge in [-0.05, 0) is 50.2 Å². The van der Waals surface area contributed by atoms with Crippen molar-refractivity contribution in [3.05, 3.63) is 231 Å². The van der Waals surface area contributed by atoms with E-state index in [0.29, 0.717) is 17.5 Å². The molecule has 0 unspecified atom stereocenters. The highest BCUT2D eigenvalue weighted by Gasteiger charge is 2.29. The third-order valence-electron chi connectivity index (χ3n) is 11.1. The maximum atomic E-state index is 15.0. The molecule has 284 valence electrons. The third kappa shape index (κ3) is 7.04. The highest BCUT2D eigenvalue weighted by molar-refractivity contribution is 7.85. The minimum atomic E-state index is -3.08. The van der Waals surface area contributed by atoms with Crippen LogP contribution < -0.4 is 15.9 Å². The van der Waals surface area contributed by atoms with Crippen molar-refractivity contribution < 1.29 is 4.57 Å². The molecule has 0 fully saturated rings. The van der Waals surface area contributed by atoms with Crippen molar-refractivity contribution in [3.63, 3.8) is 0 Å². The lowest BCUT2D eigenvalue weighted by atomic mass is 9.91. The van der Waals surface area contributed by atoms with Gasteiger partial charge in [0.1, 0.15) is 0 Å². The predicted octanol–water partition coefficient (Wildman–Crippen LogP) is 12.7. The molecule has 10 rings (SSSR count). The van der Waals surface area contributed by atoms with Crippen molar-refractivity contribution in [3.8, 4) is 67.5 Å². The molecular weight excluding hydrogens is 750 g/mol. The number of hydrogen-bond donors (Lipinski definition) is 0. The van der Waals surface area contributed by atoms with E-state index in [1.165, 1.54) is 0 Å². The van der Waals surface area contributed by atoms with Gasteiger partial charge in [-0.15, -0.1) is 0 Å². The van der Waals surface area contributed by atoms with Gasteiger partial charge in [0.15, 0.2) is 24.6 Å². The second-order valence-corrected chi connectivity index (χ2v) is 17.5. The van der Waals surface area contributed by atoms with E-state index in [2.05, 4.69) is 121 Å². The Bertz CT molecular complexity index is 3090. The van der Waals surface area contributed by atoms with E-state index in [0.717, 1.165) is 76.8 Å². The van der Waals surface area contributed by atoms with Gasteiger partial charge in [-0.25, -0.2) is 15.0 Å². The van der Waals surface area contributed by atoms with Gasteiger partial charge in [0, 0.05) is 32.6 Å². The Balaban J connectivity index is 1.02. The zero-order chi connectivity index (χ0) is 40.3. The topological polar surface area (TPSA) is 55.7 Å². The number of hydrogen-bond acceptors (Lipinski definition) is 4. The SMILES string of the molecule is O=P(c1ccccc1)(c1ccccc1)c1ccc(-c2ccc(-c3cccc(-c4nc(-c5ccccc5)nc(-c5ccc(-c6ccccc6)cc5)n4)c3)c3ccccc23)cc1. The number of benzene rings is 9. The van der Waals surface area contributed by atoms with Crippen LogP contribution in [0.25, 0.3) is 78.3 Å². The quantitative estimate of drug-likeness (QED) is 0.137. The summed E-state index contributed by atoms with van der Waals surface area (Å²) in [7, 11) is -3.08.